The zero-order valence-electron chi connectivity index (χ0n) is 10.3. The van der Waals surface area contributed by atoms with Crippen LogP contribution in [0, 0.1) is 0 Å². The van der Waals surface area contributed by atoms with Gasteiger partial charge in [0.1, 0.15) is 5.75 Å². The number of carbonyl (C=O) groups excluding carboxylic acids is 1. The van der Waals surface area contributed by atoms with Gasteiger partial charge in [0.05, 0.1) is 5.97 Å². The molecule has 0 spiro atoms. The van der Waals surface area contributed by atoms with Crippen LogP contribution in [0.2, 0.25) is 0 Å². The fraction of sp³-hybridized carbons (Fsp3) is 0. The van der Waals surface area contributed by atoms with Crippen molar-refractivity contribution in [3.05, 3.63) is 70.4 Å². The Hall–Kier alpha value is -1.93. The Balaban J connectivity index is 0.000000191. The number of rotatable bonds is 2. The molecule has 0 amide bonds. The SMILES string of the molecule is O=C([O-])c1ccccc1O.[Zn+][CH]=Cc1ccccc1. The van der Waals surface area contributed by atoms with Crippen molar-refractivity contribution >= 4 is 12.0 Å². The molecule has 92 valence electrons. The fourth-order valence-electron chi connectivity index (χ4n) is 1.35. The van der Waals surface area contributed by atoms with Crippen LogP contribution in [0.25, 0.3) is 6.08 Å². The summed E-state index contributed by atoms with van der Waals surface area (Å²) in [6.07, 6.45) is 2.14. The second-order valence-electron chi connectivity index (χ2n) is 3.62. The van der Waals surface area contributed by atoms with E-state index in [0.29, 0.717) is 0 Å². The molecule has 0 saturated carbocycles. The summed E-state index contributed by atoms with van der Waals surface area (Å²) in [4.78, 5) is 10.2. The Morgan fingerprint density at radius 2 is 1.63 bits per heavy atom. The molecule has 0 aliphatic carbocycles. The third kappa shape index (κ3) is 5.49. The molecule has 0 radical (unpaired) electrons. The molecule has 0 saturated heterocycles. The van der Waals surface area contributed by atoms with Gasteiger partial charge in [-0.15, -0.1) is 0 Å². The van der Waals surface area contributed by atoms with E-state index in [1.165, 1.54) is 42.1 Å². The predicted octanol–water partition coefficient (Wildman–Crippen LogP) is 1.96. The van der Waals surface area contributed by atoms with Gasteiger partial charge in [0.2, 0.25) is 0 Å². The van der Waals surface area contributed by atoms with E-state index in [2.05, 4.69) is 35.0 Å². The second kappa shape index (κ2) is 8.22. The topological polar surface area (TPSA) is 60.4 Å². The van der Waals surface area contributed by atoms with E-state index in [1.54, 1.807) is 6.07 Å². The molecule has 2 rings (SSSR count). The van der Waals surface area contributed by atoms with Crippen LogP contribution in [0.1, 0.15) is 15.9 Å². The van der Waals surface area contributed by atoms with E-state index in [-0.39, 0.29) is 11.3 Å². The Morgan fingerprint density at radius 1 is 1.05 bits per heavy atom. The molecule has 0 atom stereocenters. The van der Waals surface area contributed by atoms with Gasteiger partial charge in [0, 0.05) is 5.56 Å². The number of hydrogen-bond acceptors (Lipinski definition) is 3. The molecular weight excluding hydrogens is 294 g/mol. The number of aromatic hydroxyl groups is 1. The molecule has 0 heterocycles. The van der Waals surface area contributed by atoms with Crippen molar-refractivity contribution in [2.75, 3.05) is 0 Å². The van der Waals surface area contributed by atoms with Crippen molar-refractivity contribution < 1.29 is 33.3 Å². The number of para-hydroxylation sites is 1. The van der Waals surface area contributed by atoms with Crippen LogP contribution < -0.4 is 5.11 Å². The molecule has 0 unspecified atom stereocenters. The molecule has 0 aliphatic rings. The zero-order valence-corrected chi connectivity index (χ0v) is 13.3. The van der Waals surface area contributed by atoms with Crippen LogP contribution in [-0.2, 0) is 18.3 Å². The van der Waals surface area contributed by atoms with Gasteiger partial charge >= 0.3 is 64.9 Å². The molecule has 3 nitrogen and oxygen atoms in total. The summed E-state index contributed by atoms with van der Waals surface area (Å²) in [6, 6.07) is 16.0. The predicted molar refractivity (Wildman–Crippen MR) is 67.9 cm³/mol. The van der Waals surface area contributed by atoms with Gasteiger partial charge in [-0.2, -0.15) is 0 Å². The van der Waals surface area contributed by atoms with Crippen LogP contribution in [0.5, 0.6) is 5.75 Å². The quantitative estimate of drug-likeness (QED) is 0.863. The van der Waals surface area contributed by atoms with Gasteiger partial charge in [-0.05, 0) is 12.1 Å². The van der Waals surface area contributed by atoms with E-state index >= 15 is 0 Å². The first kappa shape index (κ1) is 15.1. The number of carboxylic acids is 1. The third-order valence-electron chi connectivity index (χ3n) is 2.23. The van der Waals surface area contributed by atoms with Crippen molar-refractivity contribution in [1.29, 1.82) is 0 Å². The molecule has 0 fully saturated rings. The van der Waals surface area contributed by atoms with Gasteiger partial charge in [-0.1, -0.05) is 12.1 Å². The number of benzene rings is 2. The van der Waals surface area contributed by atoms with Crippen LogP contribution in [-0.4, -0.2) is 11.1 Å². The van der Waals surface area contributed by atoms with E-state index in [4.69, 9.17) is 5.11 Å². The summed E-state index contributed by atoms with van der Waals surface area (Å²) in [5.74, 6) is -1.62. The van der Waals surface area contributed by atoms with Crippen LogP contribution in [0.15, 0.2) is 59.3 Å². The average molecular weight is 306 g/mol. The van der Waals surface area contributed by atoms with Gasteiger partial charge in [-0.25, -0.2) is 0 Å². The van der Waals surface area contributed by atoms with Crippen LogP contribution in [0.4, 0.5) is 0 Å². The molecule has 0 aromatic heterocycles. The van der Waals surface area contributed by atoms with E-state index in [0.717, 1.165) is 0 Å². The minimum atomic E-state index is -1.36. The molecule has 0 bridgehead atoms. The summed E-state index contributed by atoms with van der Waals surface area (Å²) in [5.41, 5.74) is 1.12. The molecule has 4 heteroatoms. The molecule has 19 heavy (non-hydrogen) atoms. The number of carboxylic acid groups (broad SMARTS) is 1. The Morgan fingerprint density at radius 3 is 2.11 bits per heavy atom. The Kier molecular flexibility index (Phi) is 6.55. The second-order valence-corrected chi connectivity index (χ2v) is 4.61. The zero-order chi connectivity index (χ0) is 14.1. The molecule has 0 aliphatic heterocycles. The maximum absolute atomic E-state index is 10.2. The summed E-state index contributed by atoms with van der Waals surface area (Å²) in [5, 5.41) is 19.0. The summed E-state index contributed by atoms with van der Waals surface area (Å²) >= 11 is 1.23. The number of phenols is 1. The van der Waals surface area contributed by atoms with Crippen molar-refractivity contribution in [3.8, 4) is 5.75 Å². The summed E-state index contributed by atoms with van der Waals surface area (Å²) in [6.45, 7) is 0. The Labute approximate surface area is 121 Å². The van der Waals surface area contributed by atoms with Gasteiger partial charge < -0.3 is 15.0 Å². The van der Waals surface area contributed by atoms with E-state index in [9.17, 15) is 9.90 Å². The van der Waals surface area contributed by atoms with Gasteiger partial charge in [-0.3, -0.25) is 0 Å². The summed E-state index contributed by atoms with van der Waals surface area (Å²) < 4.78 is 2.16. The van der Waals surface area contributed by atoms with Gasteiger partial charge in [0.15, 0.2) is 0 Å². The van der Waals surface area contributed by atoms with Gasteiger partial charge in [0.25, 0.3) is 0 Å². The van der Waals surface area contributed by atoms with Crippen LogP contribution >= 0.6 is 0 Å². The average Bonchev–Trinajstić information content (AvgIpc) is 2.41. The van der Waals surface area contributed by atoms with E-state index in [1.807, 2.05) is 6.07 Å². The van der Waals surface area contributed by atoms with Crippen molar-refractivity contribution in [2.24, 2.45) is 0 Å². The first-order chi connectivity index (χ1) is 9.15. The Bertz CT molecular complexity index is 550. The molecule has 1 N–H and O–H groups in total. The van der Waals surface area contributed by atoms with Crippen molar-refractivity contribution in [1.82, 2.24) is 0 Å². The molecule has 2 aromatic rings. The number of carbonyl (C=O) groups is 1. The first-order valence-electron chi connectivity index (χ1n) is 5.65. The minimum absolute atomic E-state index is 0.178. The molecule has 2 aromatic carbocycles. The number of aromatic carboxylic acids is 1. The normalized spacial score (nSPS) is 9.79. The maximum atomic E-state index is 10.2. The number of hydrogen-bond donors (Lipinski definition) is 1. The first-order valence-corrected chi connectivity index (χ1v) is 7.36. The molecular formula is C15H12O3Zn. The van der Waals surface area contributed by atoms with Crippen molar-refractivity contribution in [3.63, 3.8) is 0 Å². The monoisotopic (exact) mass is 304 g/mol. The van der Waals surface area contributed by atoms with Crippen molar-refractivity contribution in [2.45, 2.75) is 0 Å². The van der Waals surface area contributed by atoms with Crippen LogP contribution in [0.3, 0.4) is 0 Å². The fourth-order valence-corrected chi connectivity index (χ4v) is 1.92. The third-order valence-corrected chi connectivity index (χ3v) is 2.73. The summed E-state index contributed by atoms with van der Waals surface area (Å²) in [7, 11) is 0. The standard InChI is InChI=1S/C8H7.C7H6O3.Zn/c1-2-8-6-4-3-5-7-8;8-6-4-2-1-3-5(6)7(9)10;/h1-7H;1-4,8H,(H,9,10);/q;;+1/p-1. The van der Waals surface area contributed by atoms with E-state index < -0.39 is 5.97 Å².